The lowest BCUT2D eigenvalue weighted by molar-refractivity contribution is -0.143. The smallest absolute Gasteiger partial charge is 0.309 e. The molecular formula is C70H42F12N4. The Bertz CT molecular complexity index is 4900. The first-order valence-electron chi connectivity index (χ1n) is 26.7. The Labute approximate surface area is 483 Å². The van der Waals surface area contributed by atoms with Crippen LogP contribution in [0.5, 0.6) is 0 Å². The highest BCUT2D eigenvalue weighted by atomic mass is 19.4. The first-order valence-corrected chi connectivity index (χ1v) is 26.7. The number of hydrogen-bond donors (Lipinski definition) is 0. The lowest BCUT2D eigenvalue weighted by Crippen LogP contribution is -2.12. The minimum Gasteiger partial charge on any atom is -0.309 e. The van der Waals surface area contributed by atoms with Crippen LogP contribution in [0.15, 0.2) is 182 Å². The van der Waals surface area contributed by atoms with E-state index in [4.69, 9.17) is 6.57 Å². The zero-order valence-electron chi connectivity index (χ0n) is 45.6. The van der Waals surface area contributed by atoms with Gasteiger partial charge < -0.3 is 9.13 Å². The standard InChI is InChI=1S/C70H42F12N4/c1-37-6-17-50(39(3)26-37)41-9-22-63-56(29-41)58-31-43(52-18-7-38(2)27-60(52)69(77,78)79)11-24-65(58)85(63)48-15-8-45(36-83)54(34-48)55-35-49(16-21-62(55)84-5)86-64-23-10-42(51-19-13-46(28-40(51)4)67(71,72)73)30-57(64)59-32-44(12-25-66(59)86)53-20-14-47(68(74,75)76)33-61(53)70(80,81)82/h6-35H,1-4H3. The van der Waals surface area contributed by atoms with Crippen molar-refractivity contribution in [3.05, 3.63) is 243 Å². The van der Waals surface area contributed by atoms with Crippen LogP contribution in [0, 0.1) is 45.6 Å². The number of hydrogen-bond acceptors (Lipinski definition) is 1. The van der Waals surface area contributed by atoms with Gasteiger partial charge in [-0.3, -0.25) is 0 Å². The molecule has 0 aliphatic heterocycles. The average Bonchev–Trinajstić information content (AvgIpc) is 1.63. The molecule has 0 N–H and O–H groups in total. The highest BCUT2D eigenvalue weighted by Crippen LogP contribution is 2.47. The molecule has 0 fully saturated rings. The predicted octanol–water partition coefficient (Wildman–Crippen LogP) is 21.9. The molecule has 0 saturated heterocycles. The van der Waals surface area contributed by atoms with E-state index in [9.17, 15) is 57.9 Å². The summed E-state index contributed by atoms with van der Waals surface area (Å²) in [6, 6.07) is 47.5. The first-order chi connectivity index (χ1) is 40.7. The Morgan fingerprint density at radius 2 is 0.744 bits per heavy atom. The molecule has 16 heteroatoms. The minimum atomic E-state index is -5.21. The molecule has 0 saturated carbocycles. The number of aromatic nitrogens is 2. The van der Waals surface area contributed by atoms with Gasteiger partial charge >= 0.3 is 24.7 Å². The first kappa shape index (κ1) is 56.4. The fourth-order valence-corrected chi connectivity index (χ4v) is 11.9. The molecule has 10 aromatic carbocycles. The van der Waals surface area contributed by atoms with Crippen molar-refractivity contribution in [3.63, 3.8) is 0 Å². The van der Waals surface area contributed by atoms with Gasteiger partial charge in [0.2, 0.25) is 0 Å². The number of halogens is 12. The van der Waals surface area contributed by atoms with Crippen LogP contribution in [0.25, 0.3) is 115 Å². The minimum absolute atomic E-state index is 0.00299. The monoisotopic (exact) mass is 1170 g/mol. The van der Waals surface area contributed by atoms with Crippen molar-refractivity contribution in [1.29, 1.82) is 5.26 Å². The van der Waals surface area contributed by atoms with Crippen LogP contribution < -0.4 is 0 Å². The summed E-state index contributed by atoms with van der Waals surface area (Å²) in [5.41, 5.74) is 4.42. The number of benzene rings is 10. The van der Waals surface area contributed by atoms with Gasteiger partial charge in [-0.25, -0.2) is 4.85 Å². The summed E-state index contributed by atoms with van der Waals surface area (Å²) in [5, 5.41) is 12.9. The molecule has 0 amide bonds. The van der Waals surface area contributed by atoms with Crippen LogP contribution in [0.1, 0.15) is 50.1 Å². The lowest BCUT2D eigenvalue weighted by Gasteiger charge is -2.17. The maximum atomic E-state index is 14.7. The second-order valence-corrected chi connectivity index (χ2v) is 21.4. The van der Waals surface area contributed by atoms with Crippen molar-refractivity contribution in [1.82, 2.24) is 9.13 Å². The zero-order chi connectivity index (χ0) is 61.1. The molecule has 0 atom stereocenters. The van der Waals surface area contributed by atoms with Crippen molar-refractivity contribution in [2.24, 2.45) is 0 Å². The second kappa shape index (κ2) is 20.3. The van der Waals surface area contributed by atoms with Gasteiger partial charge in [0, 0.05) is 32.9 Å². The van der Waals surface area contributed by atoms with Crippen LogP contribution >= 0.6 is 0 Å². The van der Waals surface area contributed by atoms with E-state index in [-0.39, 0.29) is 34.0 Å². The Morgan fingerprint density at radius 3 is 1.17 bits per heavy atom. The zero-order valence-corrected chi connectivity index (χ0v) is 45.6. The average molecular weight is 1170 g/mol. The molecule has 0 spiro atoms. The third kappa shape index (κ3) is 9.84. The molecule has 4 nitrogen and oxygen atoms in total. The molecule has 12 rings (SSSR count). The van der Waals surface area contributed by atoms with Gasteiger partial charge in [0.15, 0.2) is 5.69 Å². The van der Waals surface area contributed by atoms with Crippen LogP contribution in [0.4, 0.5) is 58.4 Å². The summed E-state index contributed by atoms with van der Waals surface area (Å²) in [4.78, 5) is 3.86. The van der Waals surface area contributed by atoms with Gasteiger partial charge in [-0.05, 0) is 204 Å². The molecule has 12 aromatic rings. The predicted molar refractivity (Wildman–Crippen MR) is 312 cm³/mol. The van der Waals surface area contributed by atoms with Crippen molar-refractivity contribution in [2.45, 2.75) is 52.4 Å². The molecule has 426 valence electrons. The third-order valence-corrected chi connectivity index (χ3v) is 15.9. The Kier molecular flexibility index (Phi) is 13.3. The van der Waals surface area contributed by atoms with E-state index < -0.39 is 52.5 Å². The van der Waals surface area contributed by atoms with Crippen LogP contribution in [-0.4, -0.2) is 9.13 Å². The number of alkyl halides is 12. The fraction of sp³-hybridized carbons (Fsp3) is 0.114. The van der Waals surface area contributed by atoms with Gasteiger partial charge in [0.25, 0.3) is 0 Å². The van der Waals surface area contributed by atoms with E-state index in [0.717, 1.165) is 46.5 Å². The molecule has 0 radical (unpaired) electrons. The number of rotatable bonds is 7. The summed E-state index contributed by atoms with van der Waals surface area (Å²) in [6.45, 7) is 15.5. The quantitative estimate of drug-likeness (QED) is 0.116. The van der Waals surface area contributed by atoms with Crippen molar-refractivity contribution < 1.29 is 52.7 Å². The van der Waals surface area contributed by atoms with E-state index in [1.807, 2.05) is 48.7 Å². The lowest BCUT2D eigenvalue weighted by atomic mass is 9.94. The summed E-state index contributed by atoms with van der Waals surface area (Å²) in [6.07, 6.45) is -19.6. The van der Waals surface area contributed by atoms with Gasteiger partial charge in [0.05, 0.1) is 62.5 Å². The van der Waals surface area contributed by atoms with Gasteiger partial charge in [0.1, 0.15) is 0 Å². The van der Waals surface area contributed by atoms with Gasteiger partial charge in [-0.1, -0.05) is 83.9 Å². The Hall–Kier alpha value is -10.1. The summed E-state index contributed by atoms with van der Waals surface area (Å²) in [5.74, 6) is 0. The molecule has 2 heterocycles. The molecule has 2 aromatic heterocycles. The number of nitrogens with zero attached hydrogens (tertiary/aromatic N) is 4. The normalized spacial score (nSPS) is 12.4. The van der Waals surface area contributed by atoms with Crippen molar-refractivity contribution >= 4 is 49.3 Å². The van der Waals surface area contributed by atoms with Crippen LogP contribution in [-0.2, 0) is 24.7 Å². The fourth-order valence-electron chi connectivity index (χ4n) is 11.9. The van der Waals surface area contributed by atoms with E-state index in [2.05, 4.69) is 17.0 Å². The van der Waals surface area contributed by atoms with E-state index in [1.165, 1.54) is 37.3 Å². The molecule has 86 heavy (non-hydrogen) atoms. The number of aryl methyl sites for hydroxylation is 4. The van der Waals surface area contributed by atoms with Crippen LogP contribution in [0.2, 0.25) is 0 Å². The highest BCUT2D eigenvalue weighted by molar-refractivity contribution is 6.13. The van der Waals surface area contributed by atoms with Crippen LogP contribution in [0.3, 0.4) is 0 Å². The SMILES string of the molecule is [C-]#[N+]c1ccc(-n2c3ccc(-c4ccc(C(F)(F)F)cc4C)cc3c3cc(-c4ccc(C(F)(F)F)cc4C(F)(F)F)ccc32)cc1-c1cc(-n2c3ccc(-c4ccc(C)cc4C)cc3c3cc(-c4ccc(C)cc4C(F)(F)F)ccc32)ccc1C#N. The topological polar surface area (TPSA) is 38.0 Å². The molecule has 0 aliphatic rings. The molecular weight excluding hydrogens is 1120 g/mol. The highest BCUT2D eigenvalue weighted by Gasteiger charge is 2.39. The van der Waals surface area contributed by atoms with Gasteiger partial charge in [-0.2, -0.15) is 57.9 Å². The largest absolute Gasteiger partial charge is 0.417 e. The maximum absolute atomic E-state index is 14.7. The number of fused-ring (bicyclic) bond motifs is 6. The van der Waals surface area contributed by atoms with E-state index in [0.29, 0.717) is 94.4 Å². The van der Waals surface area contributed by atoms with E-state index >= 15 is 0 Å². The third-order valence-electron chi connectivity index (χ3n) is 15.9. The van der Waals surface area contributed by atoms with Crippen molar-refractivity contribution in [2.75, 3.05) is 0 Å². The molecule has 0 bridgehead atoms. The van der Waals surface area contributed by atoms with Crippen molar-refractivity contribution in [3.8, 4) is 73.1 Å². The summed E-state index contributed by atoms with van der Waals surface area (Å²) in [7, 11) is 0. The van der Waals surface area contributed by atoms with Gasteiger partial charge in [-0.15, -0.1) is 0 Å². The maximum Gasteiger partial charge on any atom is 0.417 e. The molecule has 0 unspecified atom stereocenters. The summed E-state index contributed by atoms with van der Waals surface area (Å²) >= 11 is 0. The Balaban J connectivity index is 1.07. The molecule has 0 aliphatic carbocycles. The second-order valence-electron chi connectivity index (χ2n) is 21.4. The number of nitriles is 1. The summed E-state index contributed by atoms with van der Waals surface area (Å²) < 4.78 is 175. The van der Waals surface area contributed by atoms with E-state index in [1.54, 1.807) is 90.4 Å². The Morgan fingerprint density at radius 1 is 0.360 bits per heavy atom.